The summed E-state index contributed by atoms with van der Waals surface area (Å²) in [6.45, 7) is 4.36. The number of nitrogens with two attached hydrogens (primary N) is 1. The molecule has 1 aromatic rings. The number of hydrogen-bond donors (Lipinski definition) is 2. The molecule has 0 radical (unpaired) electrons. The molecule has 1 aliphatic carbocycles. The molecule has 28 heavy (non-hydrogen) atoms. The topological polar surface area (TPSA) is 62.9 Å². The summed E-state index contributed by atoms with van der Waals surface area (Å²) in [5.74, 6) is 1.05. The molecule has 0 amide bonds. The third-order valence-electron chi connectivity index (χ3n) is 6.59. The first kappa shape index (κ1) is 19.3. The Balaban J connectivity index is 1.76. The van der Waals surface area contributed by atoms with E-state index >= 15 is 0 Å². The number of nitrogens with zero attached hydrogens (tertiary/aromatic N) is 2. The number of allylic oxidation sites excluding steroid dienone is 1. The predicted octanol–water partition coefficient (Wildman–Crippen LogP) is 3.40. The molecule has 5 nitrogen and oxygen atoms in total. The van der Waals surface area contributed by atoms with Gasteiger partial charge in [-0.25, -0.2) is 0 Å². The standard InChI is InChI=1S/C23H34N4O/c1-16-6-7-20-22(27(16)2)9-8-19(23(20)28-18-4-3-5-18)21(10-13-24)26-17-11-14-25-15-12-17/h8-10,13,16-18,25H,3-7,11-12,14-15,24H2,1-2H3. The lowest BCUT2D eigenvalue weighted by Crippen LogP contribution is -2.35. The van der Waals surface area contributed by atoms with Crippen LogP contribution in [0.15, 0.2) is 29.4 Å². The minimum atomic E-state index is 0.344. The molecule has 4 rings (SSSR count). The van der Waals surface area contributed by atoms with E-state index in [1.165, 1.54) is 17.7 Å². The van der Waals surface area contributed by atoms with Crippen LogP contribution in [-0.2, 0) is 6.42 Å². The molecule has 1 atom stereocenters. The Kier molecular flexibility index (Phi) is 5.90. The zero-order valence-corrected chi connectivity index (χ0v) is 17.3. The molecule has 152 valence electrons. The quantitative estimate of drug-likeness (QED) is 0.766. The van der Waals surface area contributed by atoms with Crippen LogP contribution in [0, 0.1) is 0 Å². The molecule has 0 aromatic heterocycles. The van der Waals surface area contributed by atoms with E-state index in [4.69, 9.17) is 15.5 Å². The highest BCUT2D eigenvalue weighted by atomic mass is 16.5. The SMILES string of the molecule is CC1CCc2c(ccc(C(C=CN)=NC3CCNCC3)c2OC2CCC2)N1C. The molecule has 0 bridgehead atoms. The summed E-state index contributed by atoms with van der Waals surface area (Å²) in [4.78, 5) is 7.49. The van der Waals surface area contributed by atoms with Gasteiger partial charge in [0.25, 0.3) is 0 Å². The predicted molar refractivity (Wildman–Crippen MR) is 117 cm³/mol. The van der Waals surface area contributed by atoms with Gasteiger partial charge in [0.15, 0.2) is 0 Å². The molecular formula is C23H34N4O. The van der Waals surface area contributed by atoms with Crippen LogP contribution in [0.3, 0.4) is 0 Å². The van der Waals surface area contributed by atoms with Crippen LogP contribution in [-0.4, -0.2) is 44.0 Å². The van der Waals surface area contributed by atoms with Gasteiger partial charge in [-0.05, 0) is 89.4 Å². The number of aliphatic imine (C=N–C) groups is 1. The molecule has 1 saturated heterocycles. The van der Waals surface area contributed by atoms with Gasteiger partial charge in [0.2, 0.25) is 0 Å². The maximum absolute atomic E-state index is 6.59. The molecule has 3 N–H and O–H groups in total. The highest BCUT2D eigenvalue weighted by Crippen LogP contribution is 2.41. The van der Waals surface area contributed by atoms with Crippen molar-refractivity contribution < 1.29 is 4.74 Å². The first-order valence-electron chi connectivity index (χ1n) is 10.9. The first-order valence-corrected chi connectivity index (χ1v) is 10.9. The Morgan fingerprint density at radius 2 is 2.00 bits per heavy atom. The summed E-state index contributed by atoms with van der Waals surface area (Å²) in [5.41, 5.74) is 10.5. The minimum absolute atomic E-state index is 0.344. The van der Waals surface area contributed by atoms with Crippen molar-refractivity contribution in [3.05, 3.63) is 35.5 Å². The van der Waals surface area contributed by atoms with Gasteiger partial charge in [0.05, 0.1) is 17.9 Å². The van der Waals surface area contributed by atoms with Crippen LogP contribution in [0.2, 0.25) is 0 Å². The average molecular weight is 383 g/mol. The normalized spacial score (nSPS) is 24.3. The molecule has 2 fully saturated rings. The van der Waals surface area contributed by atoms with E-state index in [1.807, 2.05) is 6.08 Å². The average Bonchev–Trinajstić information content (AvgIpc) is 2.68. The molecule has 1 saturated carbocycles. The first-order chi connectivity index (χ1) is 13.7. The lowest BCUT2D eigenvalue weighted by Gasteiger charge is -2.37. The van der Waals surface area contributed by atoms with Gasteiger partial charge in [0.1, 0.15) is 5.75 Å². The van der Waals surface area contributed by atoms with E-state index in [-0.39, 0.29) is 0 Å². The lowest BCUT2D eigenvalue weighted by atomic mass is 9.91. The second kappa shape index (κ2) is 8.56. The Morgan fingerprint density at radius 1 is 1.21 bits per heavy atom. The van der Waals surface area contributed by atoms with Crippen molar-refractivity contribution in [2.75, 3.05) is 25.0 Å². The second-order valence-electron chi connectivity index (χ2n) is 8.46. The zero-order valence-electron chi connectivity index (χ0n) is 17.3. The highest BCUT2D eigenvalue weighted by molar-refractivity contribution is 6.11. The van der Waals surface area contributed by atoms with Crippen molar-refractivity contribution >= 4 is 11.4 Å². The number of benzene rings is 1. The molecule has 2 aliphatic heterocycles. The fourth-order valence-electron chi connectivity index (χ4n) is 4.39. The van der Waals surface area contributed by atoms with E-state index in [2.05, 4.69) is 36.3 Å². The van der Waals surface area contributed by atoms with Gasteiger partial charge >= 0.3 is 0 Å². The summed E-state index contributed by atoms with van der Waals surface area (Å²) in [6, 6.07) is 5.35. The summed E-state index contributed by atoms with van der Waals surface area (Å²) in [7, 11) is 2.19. The number of piperidine rings is 1. The number of nitrogens with one attached hydrogen (secondary N) is 1. The van der Waals surface area contributed by atoms with Gasteiger partial charge in [0, 0.05) is 29.9 Å². The third kappa shape index (κ3) is 3.90. The van der Waals surface area contributed by atoms with E-state index < -0.39 is 0 Å². The number of hydrogen-bond acceptors (Lipinski definition) is 5. The molecule has 0 spiro atoms. The summed E-state index contributed by atoms with van der Waals surface area (Å²) in [5, 5.41) is 3.42. The van der Waals surface area contributed by atoms with Crippen LogP contribution in [0.1, 0.15) is 56.6 Å². The molecular weight excluding hydrogens is 348 g/mol. The molecule has 5 heteroatoms. The van der Waals surface area contributed by atoms with E-state index in [1.54, 1.807) is 6.20 Å². The minimum Gasteiger partial charge on any atom is -0.489 e. The van der Waals surface area contributed by atoms with E-state index in [0.717, 1.165) is 68.6 Å². The Hall–Kier alpha value is -2.01. The second-order valence-corrected chi connectivity index (χ2v) is 8.46. The van der Waals surface area contributed by atoms with Crippen molar-refractivity contribution in [2.24, 2.45) is 10.7 Å². The highest BCUT2D eigenvalue weighted by Gasteiger charge is 2.29. The van der Waals surface area contributed by atoms with Crippen molar-refractivity contribution in [3.8, 4) is 5.75 Å². The summed E-state index contributed by atoms with van der Waals surface area (Å²) < 4.78 is 6.59. The summed E-state index contributed by atoms with van der Waals surface area (Å²) >= 11 is 0. The van der Waals surface area contributed by atoms with Crippen molar-refractivity contribution in [1.82, 2.24) is 5.32 Å². The Morgan fingerprint density at radius 3 is 2.68 bits per heavy atom. The van der Waals surface area contributed by atoms with E-state index in [0.29, 0.717) is 18.2 Å². The fourth-order valence-corrected chi connectivity index (χ4v) is 4.39. The van der Waals surface area contributed by atoms with Crippen molar-refractivity contribution in [2.45, 2.75) is 70.1 Å². The number of fused-ring (bicyclic) bond motifs is 1. The van der Waals surface area contributed by atoms with Crippen LogP contribution in [0.4, 0.5) is 5.69 Å². The van der Waals surface area contributed by atoms with Crippen molar-refractivity contribution in [3.63, 3.8) is 0 Å². The molecule has 2 heterocycles. The van der Waals surface area contributed by atoms with Gasteiger partial charge in [-0.15, -0.1) is 0 Å². The maximum atomic E-state index is 6.59. The largest absolute Gasteiger partial charge is 0.489 e. The van der Waals surface area contributed by atoms with E-state index in [9.17, 15) is 0 Å². The van der Waals surface area contributed by atoms with Gasteiger partial charge in [-0.3, -0.25) is 4.99 Å². The van der Waals surface area contributed by atoms with Gasteiger partial charge in [-0.1, -0.05) is 0 Å². The van der Waals surface area contributed by atoms with Crippen LogP contribution in [0.5, 0.6) is 5.75 Å². The molecule has 1 unspecified atom stereocenters. The van der Waals surface area contributed by atoms with Crippen LogP contribution in [0.25, 0.3) is 0 Å². The van der Waals surface area contributed by atoms with Gasteiger partial charge in [-0.2, -0.15) is 0 Å². The Bertz CT molecular complexity index is 747. The number of rotatable bonds is 5. The molecule has 1 aromatic carbocycles. The van der Waals surface area contributed by atoms with Crippen LogP contribution >= 0.6 is 0 Å². The zero-order chi connectivity index (χ0) is 19.5. The van der Waals surface area contributed by atoms with Crippen LogP contribution < -0.4 is 20.7 Å². The smallest absolute Gasteiger partial charge is 0.134 e. The van der Waals surface area contributed by atoms with Gasteiger partial charge < -0.3 is 20.7 Å². The summed E-state index contributed by atoms with van der Waals surface area (Å²) in [6.07, 6.45) is 11.9. The number of ether oxygens (including phenoxy) is 1. The fraction of sp³-hybridized carbons (Fsp3) is 0.609. The Labute approximate surface area is 169 Å². The third-order valence-corrected chi connectivity index (χ3v) is 6.59. The molecule has 3 aliphatic rings. The lowest BCUT2D eigenvalue weighted by molar-refractivity contribution is 0.118. The number of anilines is 1. The van der Waals surface area contributed by atoms with Crippen molar-refractivity contribution in [1.29, 1.82) is 0 Å². The maximum Gasteiger partial charge on any atom is 0.134 e. The monoisotopic (exact) mass is 382 g/mol.